The van der Waals surface area contributed by atoms with Crippen molar-refractivity contribution in [1.29, 1.82) is 0 Å². The smallest absolute Gasteiger partial charge is 0.235 e. The molecule has 23 aromatic carbocycles. The van der Waals surface area contributed by atoms with Gasteiger partial charge in [-0.3, -0.25) is 4.57 Å². The van der Waals surface area contributed by atoms with Crippen molar-refractivity contribution >= 4 is 195 Å². The van der Waals surface area contributed by atoms with E-state index in [4.69, 9.17) is 29.9 Å². The van der Waals surface area contributed by atoms with Crippen LogP contribution in [0.1, 0.15) is 0 Å². The number of hydrogen-bond donors (Lipinski definition) is 0. The molecule has 6 heterocycles. The fraction of sp³-hybridized carbons (Fsp3) is 0. The molecule has 6 aromatic heterocycles. The number of nitrogens with zero attached hydrogens (tertiary/aromatic N) is 9. The third-order valence-corrected chi connectivity index (χ3v) is 27.5. The van der Waals surface area contributed by atoms with Gasteiger partial charge in [-0.15, -0.1) is 0 Å². The summed E-state index contributed by atoms with van der Waals surface area (Å²) in [5.74, 6) is 2.12. The van der Waals surface area contributed by atoms with Gasteiger partial charge in [-0.25, -0.2) is 29.9 Å². The highest BCUT2D eigenvalue weighted by molar-refractivity contribution is 6.32. The van der Waals surface area contributed by atoms with Crippen LogP contribution in [0.3, 0.4) is 0 Å². The summed E-state index contributed by atoms with van der Waals surface area (Å²) in [6, 6.07) is 166. The van der Waals surface area contributed by atoms with E-state index in [0.717, 1.165) is 112 Å². The maximum atomic E-state index is 5.33. The van der Waals surface area contributed by atoms with Gasteiger partial charge in [0.2, 0.25) is 5.95 Å². The van der Waals surface area contributed by atoms with Gasteiger partial charge in [0.1, 0.15) is 0 Å². The predicted octanol–water partition coefficient (Wildman–Crippen LogP) is 32.9. The Labute approximate surface area is 774 Å². The molecule has 0 bridgehead atoms. The zero-order valence-electron chi connectivity index (χ0n) is 73.0. The number of rotatable bonds is 8. The lowest BCUT2D eigenvalue weighted by molar-refractivity contribution is 1.01. The molecule has 9 nitrogen and oxygen atoms in total. The molecule has 0 aliphatic heterocycles. The van der Waals surface area contributed by atoms with Gasteiger partial charge in [-0.05, 0) is 212 Å². The molecule has 29 rings (SSSR count). The average molecular weight is 1720 g/mol. The van der Waals surface area contributed by atoms with Gasteiger partial charge >= 0.3 is 0 Å². The van der Waals surface area contributed by atoms with Crippen LogP contribution in [-0.4, -0.2) is 43.6 Å². The van der Waals surface area contributed by atoms with Gasteiger partial charge < -0.3 is 9.13 Å². The van der Waals surface area contributed by atoms with Crippen LogP contribution >= 0.6 is 0 Å². The van der Waals surface area contributed by atoms with Crippen molar-refractivity contribution in [3.63, 3.8) is 0 Å². The van der Waals surface area contributed by atoms with Crippen LogP contribution in [0.25, 0.3) is 269 Å². The summed E-state index contributed by atoms with van der Waals surface area (Å²) in [7, 11) is 0. The molecule has 0 amide bonds. The first-order valence-corrected chi connectivity index (χ1v) is 46.0. The van der Waals surface area contributed by atoms with Crippen LogP contribution in [0.2, 0.25) is 0 Å². The molecule has 29 aromatic rings. The second-order valence-electron chi connectivity index (χ2n) is 35.1. The van der Waals surface area contributed by atoms with E-state index in [0.29, 0.717) is 5.95 Å². The SMILES string of the molecule is c1ccc2c(-c3nc(-c4ccc(-n5c6ccc7ccccc7c6c6c7ccccc7ccc65)cc4)nc4ccccc34)cccc2c1.c1ccc2cc(-c3nc(-c4ccc(-n5c6ccc7ccccc7c6c6c7ccccc7ccc65)cc4)nc4ccccc34)ccc2c1.c1ccc2cc(-c3nc(-n4c5ccc6ccccc6c5c5c6ccccc6ccc54)nc4ccccc34)ccc2c1. The lowest BCUT2D eigenvalue weighted by atomic mass is 9.99. The zero-order chi connectivity index (χ0) is 88.7. The monoisotopic (exact) mass is 1720 g/mol. The first-order valence-electron chi connectivity index (χ1n) is 46.0. The first-order chi connectivity index (χ1) is 66.9. The molecular formula is C126H77N9. The summed E-state index contributed by atoms with van der Waals surface area (Å²) in [5.41, 5.74) is 20.1. The van der Waals surface area contributed by atoms with Gasteiger partial charge in [-0.2, -0.15) is 0 Å². The molecule has 626 valence electrons. The van der Waals surface area contributed by atoms with Crippen LogP contribution in [0, 0.1) is 0 Å². The van der Waals surface area contributed by atoms with Gasteiger partial charge in [-0.1, -0.05) is 352 Å². The molecule has 0 aliphatic carbocycles. The third-order valence-electron chi connectivity index (χ3n) is 27.5. The normalized spacial score (nSPS) is 11.9. The maximum absolute atomic E-state index is 5.33. The van der Waals surface area contributed by atoms with Crippen LogP contribution < -0.4 is 0 Å². The number of fused-ring (bicyclic) bond motifs is 27. The van der Waals surface area contributed by atoms with Crippen molar-refractivity contribution < 1.29 is 0 Å². The summed E-state index contributed by atoms with van der Waals surface area (Å²) in [6.07, 6.45) is 0. The molecule has 0 saturated carbocycles. The molecule has 135 heavy (non-hydrogen) atoms. The standard InChI is InChI=1S/2C44H27N3.C38H23N3/c1-4-14-33-28(10-1)13-9-18-36(33)43-37-17-7-8-19-38(37)45-44(46-43)31-20-24-32(25-21-31)47-39-26-22-29-11-2-5-15-34(29)41(39)42-35-16-6-3-12-30(35)23-27-40(42)47;1-2-12-32-27-33(18-17-28(32)9-1)43-37-15-7-8-16-38(37)45-44(46-43)31-19-23-34(24-20-31)47-39-25-21-29-10-3-5-13-35(29)41(39)42-36-14-6-4-11-30(36)22-26-40(42)47;1-2-12-27-23-28(18-17-24(27)9-1)37-31-15-7-8-16-32(31)39-38(40-37)41-33-21-19-25-10-3-5-13-29(25)35(33)36-30-14-6-4-11-26(30)20-22-34(36)41/h2*1-27H;1-23H. The molecule has 0 atom stereocenters. The minimum atomic E-state index is 0.678. The fourth-order valence-electron chi connectivity index (χ4n) is 21.3. The van der Waals surface area contributed by atoms with Crippen molar-refractivity contribution in [1.82, 2.24) is 43.6 Å². The van der Waals surface area contributed by atoms with Gasteiger partial charge in [0.25, 0.3) is 0 Å². The highest BCUT2D eigenvalue weighted by Crippen LogP contribution is 2.47. The minimum Gasteiger partial charge on any atom is -0.309 e. The Morgan fingerprint density at radius 2 is 0.400 bits per heavy atom. The van der Waals surface area contributed by atoms with E-state index < -0.39 is 0 Å². The maximum Gasteiger partial charge on any atom is 0.235 e. The van der Waals surface area contributed by atoms with Crippen LogP contribution in [0.5, 0.6) is 0 Å². The van der Waals surface area contributed by atoms with Crippen LogP contribution in [0.4, 0.5) is 0 Å². The van der Waals surface area contributed by atoms with Crippen molar-refractivity contribution in [3.8, 4) is 73.9 Å². The van der Waals surface area contributed by atoms with Gasteiger partial charge in [0, 0.05) is 87.7 Å². The van der Waals surface area contributed by atoms with Crippen molar-refractivity contribution in [2.75, 3.05) is 0 Å². The van der Waals surface area contributed by atoms with E-state index in [1.807, 2.05) is 12.1 Å². The average Bonchev–Trinajstić information content (AvgIpc) is 1.56. The highest BCUT2D eigenvalue weighted by atomic mass is 15.2. The summed E-state index contributed by atoms with van der Waals surface area (Å²) in [5, 5.41) is 33.0. The van der Waals surface area contributed by atoms with Gasteiger partial charge in [0.15, 0.2) is 11.6 Å². The highest BCUT2D eigenvalue weighted by Gasteiger charge is 2.25. The van der Waals surface area contributed by atoms with Crippen molar-refractivity contribution in [3.05, 3.63) is 467 Å². The van der Waals surface area contributed by atoms with Crippen molar-refractivity contribution in [2.45, 2.75) is 0 Å². The van der Waals surface area contributed by atoms with E-state index in [2.05, 4.69) is 469 Å². The Bertz CT molecular complexity index is 9690. The molecule has 9 heteroatoms. The van der Waals surface area contributed by atoms with E-state index in [1.54, 1.807) is 0 Å². The summed E-state index contributed by atoms with van der Waals surface area (Å²) < 4.78 is 7.05. The Morgan fingerprint density at radius 3 is 0.763 bits per heavy atom. The topological polar surface area (TPSA) is 92.1 Å². The first kappa shape index (κ1) is 76.8. The number of hydrogen-bond acceptors (Lipinski definition) is 6. The quantitative estimate of drug-likeness (QED) is 0.150. The van der Waals surface area contributed by atoms with E-state index in [1.165, 1.54) is 151 Å². The summed E-state index contributed by atoms with van der Waals surface area (Å²) in [4.78, 5) is 31.0. The fourth-order valence-corrected chi connectivity index (χ4v) is 21.3. The summed E-state index contributed by atoms with van der Waals surface area (Å²) in [6.45, 7) is 0. The zero-order valence-corrected chi connectivity index (χ0v) is 73.0. The molecule has 0 aliphatic rings. The lowest BCUT2D eigenvalue weighted by Gasteiger charge is -2.13. The molecule has 0 saturated heterocycles. The molecule has 0 unspecified atom stereocenters. The third kappa shape index (κ3) is 12.7. The minimum absolute atomic E-state index is 0.678. The predicted molar refractivity (Wildman–Crippen MR) is 566 cm³/mol. The van der Waals surface area contributed by atoms with Crippen LogP contribution in [0.15, 0.2) is 467 Å². The molecule has 0 radical (unpaired) electrons. The van der Waals surface area contributed by atoms with Crippen LogP contribution in [-0.2, 0) is 0 Å². The Morgan fingerprint density at radius 1 is 0.148 bits per heavy atom. The second kappa shape index (κ2) is 31.3. The second-order valence-corrected chi connectivity index (χ2v) is 35.1. The number of para-hydroxylation sites is 3. The summed E-state index contributed by atoms with van der Waals surface area (Å²) >= 11 is 0. The Balaban J connectivity index is 0.000000103. The Kier molecular flexibility index (Phi) is 17.8. The van der Waals surface area contributed by atoms with E-state index >= 15 is 0 Å². The molecule has 0 N–H and O–H groups in total. The van der Waals surface area contributed by atoms with E-state index in [9.17, 15) is 0 Å². The number of benzene rings is 23. The number of aromatic nitrogens is 9. The van der Waals surface area contributed by atoms with E-state index in [-0.39, 0.29) is 0 Å². The lowest BCUT2D eigenvalue weighted by Crippen LogP contribution is -2.03. The molecule has 0 fully saturated rings. The van der Waals surface area contributed by atoms with Gasteiger partial charge in [0.05, 0.1) is 66.7 Å². The molecule has 0 spiro atoms. The Hall–Kier alpha value is -18.2. The molecular weight excluding hydrogens is 1640 g/mol. The van der Waals surface area contributed by atoms with Crippen molar-refractivity contribution in [2.24, 2.45) is 0 Å². The largest absolute Gasteiger partial charge is 0.309 e.